The first-order valence-corrected chi connectivity index (χ1v) is 7.52. The Morgan fingerprint density at radius 3 is 2.41 bits per heavy atom. The molecule has 0 aromatic heterocycles. The van der Waals surface area contributed by atoms with Crippen LogP contribution in [-0.2, 0) is 19.1 Å². The van der Waals surface area contributed by atoms with Gasteiger partial charge in [-0.1, -0.05) is 11.6 Å². The predicted molar refractivity (Wildman–Crippen MR) is 86.9 cm³/mol. The number of anilines is 1. The topological polar surface area (TPSA) is 88.4 Å². The molecule has 8 heteroatoms. The summed E-state index contributed by atoms with van der Waals surface area (Å²) in [5.74, 6) is -2.85. The molecule has 0 saturated carbocycles. The fourth-order valence-corrected chi connectivity index (χ4v) is 2.91. The number of halogens is 2. The summed E-state index contributed by atoms with van der Waals surface area (Å²) in [6.45, 7) is 2.93. The number of nitriles is 1. The minimum atomic E-state index is -1.29. The monoisotopic (exact) mass is 432 g/mol. The second-order valence-electron chi connectivity index (χ2n) is 4.81. The van der Waals surface area contributed by atoms with Crippen LogP contribution in [0.3, 0.4) is 0 Å². The average molecular weight is 433 g/mol. The van der Waals surface area contributed by atoms with Crippen LogP contribution >= 0.6 is 34.2 Å². The number of esters is 2. The van der Waals surface area contributed by atoms with Gasteiger partial charge >= 0.3 is 11.9 Å². The van der Waals surface area contributed by atoms with Crippen molar-refractivity contribution >= 4 is 51.8 Å². The zero-order valence-electron chi connectivity index (χ0n) is 11.6. The molecule has 1 aromatic rings. The van der Waals surface area contributed by atoms with Gasteiger partial charge in [-0.25, -0.2) is 9.59 Å². The van der Waals surface area contributed by atoms with Gasteiger partial charge in [-0.15, -0.1) is 0 Å². The Balaban J connectivity index is 2.28. The maximum Gasteiger partial charge on any atom is 0.350 e. The van der Waals surface area contributed by atoms with Gasteiger partial charge < -0.3 is 14.8 Å². The van der Waals surface area contributed by atoms with Crippen LogP contribution in [0.1, 0.15) is 19.4 Å². The van der Waals surface area contributed by atoms with Gasteiger partial charge in [0.05, 0.1) is 22.3 Å². The van der Waals surface area contributed by atoms with Crippen molar-refractivity contribution in [1.29, 1.82) is 5.26 Å². The number of nitrogens with zero attached hydrogens (tertiary/aromatic N) is 1. The number of hydrogen-bond acceptors (Lipinski definition) is 6. The van der Waals surface area contributed by atoms with Gasteiger partial charge in [0, 0.05) is 23.6 Å². The zero-order chi connectivity index (χ0) is 16.5. The highest BCUT2D eigenvalue weighted by molar-refractivity contribution is 14.1. The molecule has 1 aliphatic rings. The van der Waals surface area contributed by atoms with E-state index < -0.39 is 17.7 Å². The molecule has 0 unspecified atom stereocenters. The largest absolute Gasteiger partial charge is 0.419 e. The molecule has 1 saturated heterocycles. The fraction of sp³-hybridized carbons (Fsp3) is 0.214. The molecule has 6 nitrogen and oxygen atoms in total. The molecule has 114 valence electrons. The Morgan fingerprint density at radius 2 is 1.91 bits per heavy atom. The lowest BCUT2D eigenvalue weighted by Crippen LogP contribution is -2.42. The molecular formula is C14H10ClIN2O4. The number of nitrogens with one attached hydrogen (secondary N) is 1. The maximum atomic E-state index is 11.8. The number of rotatable bonds is 2. The summed E-state index contributed by atoms with van der Waals surface area (Å²) >= 11 is 8.05. The molecule has 0 spiro atoms. The smallest absolute Gasteiger partial charge is 0.350 e. The van der Waals surface area contributed by atoms with Crippen LogP contribution in [0.4, 0.5) is 5.69 Å². The Bertz CT molecular complexity index is 692. The Morgan fingerprint density at radius 1 is 1.32 bits per heavy atom. The molecule has 1 N–H and O–H groups in total. The van der Waals surface area contributed by atoms with Crippen LogP contribution in [0.5, 0.6) is 0 Å². The second kappa shape index (κ2) is 6.14. The zero-order valence-corrected chi connectivity index (χ0v) is 14.5. The highest BCUT2D eigenvalue weighted by Crippen LogP contribution is 2.30. The van der Waals surface area contributed by atoms with E-state index in [4.69, 9.17) is 26.3 Å². The minimum absolute atomic E-state index is 0.268. The molecule has 0 amide bonds. The van der Waals surface area contributed by atoms with Gasteiger partial charge in [0.25, 0.3) is 5.79 Å². The van der Waals surface area contributed by atoms with Crippen molar-refractivity contribution in [3.05, 3.63) is 38.1 Å². The summed E-state index contributed by atoms with van der Waals surface area (Å²) in [6, 6.07) is 5.08. The quantitative estimate of drug-likeness (QED) is 0.335. The molecule has 0 atom stereocenters. The lowest BCUT2D eigenvalue weighted by atomic mass is 10.2. The third-order valence-corrected chi connectivity index (χ3v) is 3.80. The molecule has 2 rings (SSSR count). The number of carbonyl (C=O) groups is 2. The van der Waals surface area contributed by atoms with E-state index >= 15 is 0 Å². The van der Waals surface area contributed by atoms with Crippen LogP contribution in [0, 0.1) is 14.9 Å². The van der Waals surface area contributed by atoms with E-state index in [0.29, 0.717) is 14.8 Å². The van der Waals surface area contributed by atoms with E-state index in [1.54, 1.807) is 6.07 Å². The van der Waals surface area contributed by atoms with Crippen LogP contribution in [0.15, 0.2) is 23.9 Å². The van der Waals surface area contributed by atoms with Gasteiger partial charge in [0.1, 0.15) is 0 Å². The maximum absolute atomic E-state index is 11.8. The van der Waals surface area contributed by atoms with Crippen molar-refractivity contribution in [2.24, 2.45) is 0 Å². The van der Waals surface area contributed by atoms with Gasteiger partial charge in [0.2, 0.25) is 0 Å². The SMILES string of the molecule is CC1(C)OC(=O)C(=CNc2c(Cl)cc(C#N)cc2I)C(=O)O1. The van der Waals surface area contributed by atoms with Crippen molar-refractivity contribution in [3.8, 4) is 6.07 Å². The lowest BCUT2D eigenvalue weighted by Gasteiger charge is -2.29. The first-order chi connectivity index (χ1) is 10.2. The number of carbonyl (C=O) groups excluding carboxylic acids is 2. The number of hydrogen-bond donors (Lipinski definition) is 1. The molecule has 1 heterocycles. The third kappa shape index (κ3) is 3.51. The van der Waals surface area contributed by atoms with Crippen LogP contribution < -0.4 is 5.32 Å². The molecular weight excluding hydrogens is 423 g/mol. The van der Waals surface area contributed by atoms with E-state index in [2.05, 4.69) is 5.32 Å². The fourth-order valence-electron chi connectivity index (χ4n) is 1.70. The first-order valence-electron chi connectivity index (χ1n) is 6.06. The molecule has 22 heavy (non-hydrogen) atoms. The summed E-state index contributed by atoms with van der Waals surface area (Å²) in [7, 11) is 0. The van der Waals surface area contributed by atoms with Crippen molar-refractivity contribution < 1.29 is 19.1 Å². The van der Waals surface area contributed by atoms with Crippen molar-refractivity contribution in [3.63, 3.8) is 0 Å². The number of benzene rings is 1. The molecule has 0 aliphatic carbocycles. The van der Waals surface area contributed by atoms with E-state index in [-0.39, 0.29) is 10.6 Å². The summed E-state index contributed by atoms with van der Waals surface area (Å²) in [5.41, 5.74) is 0.612. The Kier molecular flexibility index (Phi) is 4.63. The Hall–Kier alpha value is -1.79. The molecule has 1 aromatic carbocycles. The van der Waals surface area contributed by atoms with Gasteiger partial charge in [-0.05, 0) is 34.7 Å². The van der Waals surface area contributed by atoms with E-state index in [0.717, 1.165) is 0 Å². The van der Waals surface area contributed by atoms with E-state index in [1.165, 1.54) is 26.1 Å². The summed E-state index contributed by atoms with van der Waals surface area (Å²) in [5, 5.41) is 11.9. The first kappa shape index (κ1) is 16.6. The molecule has 0 radical (unpaired) electrons. The molecule has 1 aliphatic heterocycles. The van der Waals surface area contributed by atoms with Gasteiger partial charge in [-0.3, -0.25) is 0 Å². The molecule has 1 fully saturated rings. The summed E-state index contributed by atoms with van der Waals surface area (Å²) in [4.78, 5) is 23.6. The average Bonchev–Trinajstić information content (AvgIpc) is 2.38. The second-order valence-corrected chi connectivity index (χ2v) is 6.38. The van der Waals surface area contributed by atoms with Gasteiger partial charge in [-0.2, -0.15) is 5.26 Å². The van der Waals surface area contributed by atoms with Crippen LogP contribution in [0.25, 0.3) is 0 Å². The number of ether oxygens (including phenoxy) is 2. The summed E-state index contributed by atoms with van der Waals surface area (Å²) < 4.78 is 10.6. The van der Waals surface area contributed by atoms with E-state index in [1.807, 2.05) is 28.7 Å². The Labute approximate surface area is 145 Å². The normalized spacial score (nSPS) is 16.4. The van der Waals surface area contributed by atoms with Crippen molar-refractivity contribution in [1.82, 2.24) is 0 Å². The highest BCUT2D eigenvalue weighted by Gasteiger charge is 2.39. The summed E-state index contributed by atoms with van der Waals surface area (Å²) in [6.07, 6.45) is 1.18. The highest BCUT2D eigenvalue weighted by atomic mass is 127. The van der Waals surface area contributed by atoms with Crippen LogP contribution in [-0.4, -0.2) is 17.7 Å². The lowest BCUT2D eigenvalue weighted by molar-refractivity contribution is -0.222. The van der Waals surface area contributed by atoms with Crippen molar-refractivity contribution in [2.75, 3.05) is 5.32 Å². The molecule has 0 bridgehead atoms. The predicted octanol–water partition coefficient (Wildman–Crippen LogP) is 2.95. The van der Waals surface area contributed by atoms with E-state index in [9.17, 15) is 9.59 Å². The number of cyclic esters (lactones) is 2. The standard InChI is InChI=1S/C14H10ClIN2O4/c1-14(2)21-12(19)8(13(20)22-14)6-18-11-9(15)3-7(5-17)4-10(11)16/h3-4,6,18H,1-2H3. The van der Waals surface area contributed by atoms with Gasteiger partial charge in [0.15, 0.2) is 5.57 Å². The van der Waals surface area contributed by atoms with Crippen LogP contribution in [0.2, 0.25) is 5.02 Å². The third-order valence-electron chi connectivity index (χ3n) is 2.65. The minimum Gasteiger partial charge on any atom is -0.419 e. The van der Waals surface area contributed by atoms with Crippen molar-refractivity contribution in [2.45, 2.75) is 19.6 Å².